The first kappa shape index (κ1) is 9.04. The molecule has 2 atom stereocenters. The van der Waals surface area contributed by atoms with Crippen LogP contribution in [0.2, 0.25) is 5.02 Å². The van der Waals surface area contributed by atoms with Gasteiger partial charge < -0.3 is 5.32 Å². The first-order valence-corrected chi connectivity index (χ1v) is 5.18. The Bertz CT molecular complexity index is 281. The van der Waals surface area contributed by atoms with Crippen molar-refractivity contribution in [2.24, 2.45) is 0 Å². The summed E-state index contributed by atoms with van der Waals surface area (Å²) in [5.41, 5.74) is 1.41. The van der Waals surface area contributed by atoms with Crippen LogP contribution >= 0.6 is 11.6 Å². The van der Waals surface area contributed by atoms with E-state index in [1.807, 2.05) is 12.1 Å². The molecule has 1 aromatic carbocycles. The zero-order valence-electron chi connectivity index (χ0n) is 7.76. The van der Waals surface area contributed by atoms with Crippen molar-refractivity contribution in [1.29, 1.82) is 0 Å². The summed E-state index contributed by atoms with van der Waals surface area (Å²) in [6.45, 7) is 3.21. The third kappa shape index (κ3) is 2.04. The summed E-state index contributed by atoms with van der Waals surface area (Å²) in [5.74, 6) is 0.720. The maximum Gasteiger partial charge on any atom is 0.0406 e. The maximum atomic E-state index is 5.82. The fraction of sp³-hybridized carbons (Fsp3) is 0.455. The molecule has 1 nitrogen and oxygen atoms in total. The molecule has 0 aliphatic heterocycles. The molecule has 2 unspecified atom stereocenters. The van der Waals surface area contributed by atoms with Crippen molar-refractivity contribution >= 4 is 11.6 Å². The van der Waals surface area contributed by atoms with Crippen LogP contribution in [-0.4, -0.2) is 12.6 Å². The highest BCUT2D eigenvalue weighted by atomic mass is 35.5. The van der Waals surface area contributed by atoms with Gasteiger partial charge in [0.25, 0.3) is 0 Å². The first-order chi connectivity index (χ1) is 6.31. The predicted molar refractivity (Wildman–Crippen MR) is 56.3 cm³/mol. The minimum Gasteiger partial charge on any atom is -0.314 e. The van der Waals surface area contributed by atoms with Crippen molar-refractivity contribution in [2.75, 3.05) is 6.54 Å². The Morgan fingerprint density at radius 2 is 2.08 bits per heavy atom. The van der Waals surface area contributed by atoms with Crippen LogP contribution in [0, 0.1) is 0 Å². The molecular formula is C11H14ClN. The van der Waals surface area contributed by atoms with Gasteiger partial charge >= 0.3 is 0 Å². The molecule has 1 aromatic rings. The van der Waals surface area contributed by atoms with Crippen LogP contribution in [-0.2, 0) is 0 Å². The molecule has 2 heteroatoms. The highest BCUT2D eigenvalue weighted by Gasteiger charge is 2.37. The monoisotopic (exact) mass is 195 g/mol. The van der Waals surface area contributed by atoms with E-state index in [0.29, 0.717) is 6.04 Å². The highest BCUT2D eigenvalue weighted by Crippen LogP contribution is 2.40. The van der Waals surface area contributed by atoms with Gasteiger partial charge in [0.2, 0.25) is 0 Å². The second kappa shape index (κ2) is 3.69. The molecule has 2 rings (SSSR count). The third-order valence-corrected chi connectivity index (χ3v) is 2.81. The summed E-state index contributed by atoms with van der Waals surface area (Å²) in [4.78, 5) is 0. The zero-order valence-corrected chi connectivity index (χ0v) is 8.51. The van der Waals surface area contributed by atoms with Crippen LogP contribution in [0.5, 0.6) is 0 Å². The minimum absolute atomic E-state index is 0.700. The standard InChI is InChI=1S/C11H14ClN/c1-2-13-11-7-10(11)8-3-5-9(12)6-4-8/h3-6,10-11,13H,2,7H2,1H3. The molecule has 0 radical (unpaired) electrons. The highest BCUT2D eigenvalue weighted by molar-refractivity contribution is 6.30. The molecular weight excluding hydrogens is 182 g/mol. The van der Waals surface area contributed by atoms with Gasteiger partial charge in [0.15, 0.2) is 0 Å². The van der Waals surface area contributed by atoms with E-state index < -0.39 is 0 Å². The second-order valence-electron chi connectivity index (χ2n) is 3.56. The van der Waals surface area contributed by atoms with Gasteiger partial charge in [-0.1, -0.05) is 30.7 Å². The Balaban J connectivity index is 2.00. The van der Waals surface area contributed by atoms with Crippen LogP contribution in [0.15, 0.2) is 24.3 Å². The van der Waals surface area contributed by atoms with E-state index in [2.05, 4.69) is 24.4 Å². The molecule has 0 aromatic heterocycles. The number of hydrogen-bond donors (Lipinski definition) is 1. The first-order valence-electron chi connectivity index (χ1n) is 4.80. The molecule has 1 aliphatic carbocycles. The quantitative estimate of drug-likeness (QED) is 0.782. The molecule has 1 N–H and O–H groups in total. The van der Waals surface area contributed by atoms with Gasteiger partial charge in [0, 0.05) is 17.0 Å². The molecule has 1 saturated carbocycles. The fourth-order valence-electron chi connectivity index (χ4n) is 1.76. The van der Waals surface area contributed by atoms with Crippen molar-refractivity contribution < 1.29 is 0 Å². The Labute approximate surface area is 84.1 Å². The third-order valence-electron chi connectivity index (χ3n) is 2.55. The lowest BCUT2D eigenvalue weighted by molar-refractivity contribution is 0.703. The van der Waals surface area contributed by atoms with E-state index in [1.165, 1.54) is 12.0 Å². The number of hydrogen-bond acceptors (Lipinski definition) is 1. The van der Waals surface area contributed by atoms with Crippen molar-refractivity contribution in [3.8, 4) is 0 Å². The summed E-state index contributed by atoms with van der Waals surface area (Å²) in [6.07, 6.45) is 1.27. The van der Waals surface area contributed by atoms with Gasteiger partial charge in [0.1, 0.15) is 0 Å². The molecule has 1 fully saturated rings. The Kier molecular flexibility index (Phi) is 2.56. The lowest BCUT2D eigenvalue weighted by Crippen LogP contribution is -2.16. The molecule has 0 saturated heterocycles. The van der Waals surface area contributed by atoms with Crippen molar-refractivity contribution in [1.82, 2.24) is 5.32 Å². The summed E-state index contributed by atoms with van der Waals surface area (Å²) < 4.78 is 0. The summed E-state index contributed by atoms with van der Waals surface area (Å²) in [6, 6.07) is 8.90. The Morgan fingerprint density at radius 3 is 2.69 bits per heavy atom. The van der Waals surface area contributed by atoms with Crippen LogP contribution in [0.25, 0.3) is 0 Å². The van der Waals surface area contributed by atoms with Crippen LogP contribution < -0.4 is 5.32 Å². The SMILES string of the molecule is CCNC1CC1c1ccc(Cl)cc1. The van der Waals surface area contributed by atoms with E-state index in [1.54, 1.807) is 0 Å². The molecule has 70 valence electrons. The number of nitrogens with one attached hydrogen (secondary N) is 1. The van der Waals surface area contributed by atoms with Crippen molar-refractivity contribution in [3.63, 3.8) is 0 Å². The van der Waals surface area contributed by atoms with Crippen molar-refractivity contribution in [3.05, 3.63) is 34.9 Å². The second-order valence-corrected chi connectivity index (χ2v) is 3.99. The average molecular weight is 196 g/mol. The van der Waals surface area contributed by atoms with Gasteiger partial charge in [-0.3, -0.25) is 0 Å². The largest absolute Gasteiger partial charge is 0.314 e. The van der Waals surface area contributed by atoms with E-state index >= 15 is 0 Å². The minimum atomic E-state index is 0.700. The molecule has 0 spiro atoms. The van der Waals surface area contributed by atoms with E-state index in [0.717, 1.165) is 17.5 Å². The topological polar surface area (TPSA) is 12.0 Å². The average Bonchev–Trinajstić information content (AvgIpc) is 2.86. The van der Waals surface area contributed by atoms with E-state index in [9.17, 15) is 0 Å². The van der Waals surface area contributed by atoms with Crippen LogP contribution in [0.1, 0.15) is 24.8 Å². The number of rotatable bonds is 3. The Morgan fingerprint density at radius 1 is 1.38 bits per heavy atom. The molecule has 0 heterocycles. The maximum absolute atomic E-state index is 5.82. The molecule has 0 amide bonds. The summed E-state index contributed by atoms with van der Waals surface area (Å²) >= 11 is 5.82. The summed E-state index contributed by atoms with van der Waals surface area (Å²) in [7, 11) is 0. The molecule has 13 heavy (non-hydrogen) atoms. The fourth-order valence-corrected chi connectivity index (χ4v) is 1.89. The van der Waals surface area contributed by atoms with Gasteiger partial charge in [-0.25, -0.2) is 0 Å². The predicted octanol–water partition coefficient (Wildman–Crippen LogP) is 2.81. The summed E-state index contributed by atoms with van der Waals surface area (Å²) in [5, 5.41) is 4.27. The van der Waals surface area contributed by atoms with Gasteiger partial charge in [-0.05, 0) is 30.7 Å². The molecule has 1 aliphatic rings. The van der Waals surface area contributed by atoms with Crippen LogP contribution in [0.3, 0.4) is 0 Å². The lowest BCUT2D eigenvalue weighted by Gasteiger charge is -2.00. The van der Waals surface area contributed by atoms with Gasteiger partial charge in [-0.15, -0.1) is 0 Å². The van der Waals surface area contributed by atoms with Crippen molar-refractivity contribution in [2.45, 2.75) is 25.3 Å². The normalized spacial score (nSPS) is 26.0. The number of halogens is 1. The van der Waals surface area contributed by atoms with E-state index in [4.69, 9.17) is 11.6 Å². The van der Waals surface area contributed by atoms with Gasteiger partial charge in [0.05, 0.1) is 0 Å². The lowest BCUT2D eigenvalue weighted by atomic mass is 10.1. The van der Waals surface area contributed by atoms with Crippen LogP contribution in [0.4, 0.5) is 0 Å². The van der Waals surface area contributed by atoms with Gasteiger partial charge in [-0.2, -0.15) is 0 Å². The molecule has 0 bridgehead atoms. The van der Waals surface area contributed by atoms with E-state index in [-0.39, 0.29) is 0 Å². The number of benzene rings is 1. The number of likely N-dealkylation sites (N-methyl/N-ethyl adjacent to an activating group) is 1. The zero-order chi connectivity index (χ0) is 9.26. The smallest absolute Gasteiger partial charge is 0.0406 e. The Hall–Kier alpha value is -0.530.